The van der Waals surface area contributed by atoms with Gasteiger partial charge in [0.15, 0.2) is 6.10 Å². The monoisotopic (exact) mass is 841 g/mol. The molecule has 0 aromatic heterocycles. The third kappa shape index (κ3) is 48.5. The van der Waals surface area contributed by atoms with Gasteiger partial charge in [0.1, 0.15) is 6.61 Å². The molecule has 0 aliphatic carbocycles. The number of carbonyl (C=O) groups excluding carboxylic acids is 2. The van der Waals surface area contributed by atoms with Crippen LogP contribution in [0, 0.1) is 0 Å². The van der Waals surface area contributed by atoms with Gasteiger partial charge in [-0.25, -0.2) is 0 Å². The Bertz CT molecular complexity index is 997. The van der Waals surface area contributed by atoms with E-state index in [1.165, 1.54) is 161 Å². The van der Waals surface area contributed by atoms with Crippen LogP contribution in [0.4, 0.5) is 0 Å². The largest absolute Gasteiger partial charge is 0.462 e. The molecule has 0 heterocycles. The van der Waals surface area contributed by atoms with Crippen LogP contribution in [0.15, 0.2) is 48.6 Å². The Morgan fingerprint density at radius 1 is 0.367 bits per heavy atom. The fourth-order valence-electron chi connectivity index (χ4n) is 7.39. The molecule has 60 heavy (non-hydrogen) atoms. The molecule has 0 aliphatic rings. The number of ether oxygens (including phenoxy) is 3. The summed E-state index contributed by atoms with van der Waals surface area (Å²) in [7, 11) is 0. The Hall–Kier alpha value is -2.14. The smallest absolute Gasteiger partial charge is 0.306 e. The number of unbranched alkanes of at least 4 members (excludes halogenated alkanes) is 29. The normalized spacial score (nSPS) is 12.5. The molecule has 350 valence electrons. The molecule has 0 bridgehead atoms. The van der Waals surface area contributed by atoms with Crippen LogP contribution in [0.3, 0.4) is 0 Å². The molecular formula is C55H100O5. The molecular weight excluding hydrogens is 741 g/mol. The van der Waals surface area contributed by atoms with E-state index in [2.05, 4.69) is 69.4 Å². The number of carbonyl (C=O) groups is 2. The quantitative estimate of drug-likeness (QED) is 0.0347. The van der Waals surface area contributed by atoms with Gasteiger partial charge in [-0.1, -0.05) is 217 Å². The molecule has 0 spiro atoms. The molecule has 0 saturated heterocycles. The van der Waals surface area contributed by atoms with Crippen molar-refractivity contribution in [2.75, 3.05) is 19.8 Å². The minimum Gasteiger partial charge on any atom is -0.462 e. The highest BCUT2D eigenvalue weighted by Crippen LogP contribution is 2.14. The van der Waals surface area contributed by atoms with Crippen LogP contribution in [-0.4, -0.2) is 37.9 Å². The molecule has 0 aliphatic heterocycles. The third-order valence-corrected chi connectivity index (χ3v) is 11.3. The van der Waals surface area contributed by atoms with Crippen molar-refractivity contribution in [1.82, 2.24) is 0 Å². The van der Waals surface area contributed by atoms with E-state index in [0.717, 1.165) is 70.6 Å². The summed E-state index contributed by atoms with van der Waals surface area (Å²) < 4.78 is 17.4. The first kappa shape index (κ1) is 57.9. The molecule has 1 unspecified atom stereocenters. The first-order valence-corrected chi connectivity index (χ1v) is 26.2. The third-order valence-electron chi connectivity index (χ3n) is 11.3. The Balaban J connectivity index is 4.27. The molecule has 0 fully saturated rings. The summed E-state index contributed by atoms with van der Waals surface area (Å²) in [6.07, 6.45) is 62.5. The van der Waals surface area contributed by atoms with Crippen LogP contribution in [0.25, 0.3) is 0 Å². The second-order valence-electron chi connectivity index (χ2n) is 17.4. The summed E-state index contributed by atoms with van der Waals surface area (Å²) in [5.41, 5.74) is 0. The predicted molar refractivity (Wildman–Crippen MR) is 261 cm³/mol. The minimum absolute atomic E-state index is 0.0783. The van der Waals surface area contributed by atoms with Crippen LogP contribution in [0.1, 0.15) is 265 Å². The number of rotatable bonds is 48. The molecule has 0 radical (unpaired) electrons. The van der Waals surface area contributed by atoms with Gasteiger partial charge in [0.25, 0.3) is 0 Å². The van der Waals surface area contributed by atoms with Crippen molar-refractivity contribution < 1.29 is 23.8 Å². The van der Waals surface area contributed by atoms with Gasteiger partial charge in [0.05, 0.1) is 6.61 Å². The van der Waals surface area contributed by atoms with Gasteiger partial charge >= 0.3 is 11.9 Å². The lowest BCUT2D eigenvalue weighted by molar-refractivity contribution is -0.163. The van der Waals surface area contributed by atoms with Gasteiger partial charge in [-0.05, 0) is 83.5 Å². The fourth-order valence-corrected chi connectivity index (χ4v) is 7.39. The van der Waals surface area contributed by atoms with Crippen molar-refractivity contribution in [3.63, 3.8) is 0 Å². The molecule has 0 N–H and O–H groups in total. The van der Waals surface area contributed by atoms with Crippen LogP contribution in [0.5, 0.6) is 0 Å². The molecule has 5 heteroatoms. The van der Waals surface area contributed by atoms with Crippen LogP contribution >= 0.6 is 0 Å². The standard InChI is InChI=1S/C55H100O5/c1-4-7-10-13-16-19-22-25-27-28-30-31-33-36-39-42-45-48-54(56)59-52-53(51-58-50-47-44-41-38-35-24-21-18-15-12-9-6-3)60-55(57)49-46-43-40-37-34-32-29-26-23-20-17-14-11-8-5-2/h16-17,19-20,25-27,29,53H,4-15,18,21-24,28,30-52H2,1-3H3/b19-16-,20-17-,27-25-,29-26-. The number of allylic oxidation sites excluding steroid dienone is 8. The Kier molecular flexibility index (Phi) is 49.4. The second-order valence-corrected chi connectivity index (χ2v) is 17.4. The molecule has 0 aromatic carbocycles. The van der Waals surface area contributed by atoms with Crippen molar-refractivity contribution in [2.24, 2.45) is 0 Å². The molecule has 0 saturated carbocycles. The van der Waals surface area contributed by atoms with E-state index in [0.29, 0.717) is 19.4 Å². The summed E-state index contributed by atoms with van der Waals surface area (Å²) >= 11 is 0. The molecule has 0 amide bonds. The van der Waals surface area contributed by atoms with Gasteiger partial charge in [-0.2, -0.15) is 0 Å². The highest BCUT2D eigenvalue weighted by molar-refractivity contribution is 5.70. The summed E-state index contributed by atoms with van der Waals surface area (Å²) in [6, 6.07) is 0. The molecule has 5 nitrogen and oxygen atoms in total. The van der Waals surface area contributed by atoms with Gasteiger partial charge < -0.3 is 14.2 Å². The van der Waals surface area contributed by atoms with Gasteiger partial charge in [-0.3, -0.25) is 9.59 Å². The van der Waals surface area contributed by atoms with E-state index in [9.17, 15) is 9.59 Å². The highest BCUT2D eigenvalue weighted by Gasteiger charge is 2.17. The summed E-state index contributed by atoms with van der Waals surface area (Å²) in [6.45, 7) is 7.79. The van der Waals surface area contributed by atoms with E-state index in [1.807, 2.05) is 0 Å². The zero-order valence-electron chi connectivity index (χ0n) is 40.2. The lowest BCUT2D eigenvalue weighted by Crippen LogP contribution is -2.30. The van der Waals surface area contributed by atoms with Gasteiger partial charge in [0, 0.05) is 19.4 Å². The van der Waals surface area contributed by atoms with Crippen LogP contribution < -0.4 is 0 Å². The van der Waals surface area contributed by atoms with E-state index in [1.54, 1.807) is 0 Å². The maximum absolute atomic E-state index is 12.8. The zero-order chi connectivity index (χ0) is 43.5. The van der Waals surface area contributed by atoms with Crippen molar-refractivity contribution in [3.05, 3.63) is 48.6 Å². The van der Waals surface area contributed by atoms with E-state index < -0.39 is 6.10 Å². The van der Waals surface area contributed by atoms with Crippen molar-refractivity contribution >= 4 is 11.9 Å². The second kappa shape index (κ2) is 51.2. The van der Waals surface area contributed by atoms with Crippen molar-refractivity contribution in [3.8, 4) is 0 Å². The van der Waals surface area contributed by atoms with Crippen LogP contribution in [0.2, 0.25) is 0 Å². The topological polar surface area (TPSA) is 61.8 Å². The lowest BCUT2D eigenvalue weighted by Gasteiger charge is -2.18. The Labute approximate surface area is 373 Å². The van der Waals surface area contributed by atoms with Crippen molar-refractivity contribution in [2.45, 2.75) is 271 Å². The van der Waals surface area contributed by atoms with Crippen LogP contribution in [-0.2, 0) is 23.8 Å². The lowest BCUT2D eigenvalue weighted by atomic mass is 10.1. The predicted octanol–water partition coefficient (Wildman–Crippen LogP) is 17.6. The summed E-state index contributed by atoms with van der Waals surface area (Å²) in [5, 5.41) is 0. The summed E-state index contributed by atoms with van der Waals surface area (Å²) in [4.78, 5) is 25.4. The highest BCUT2D eigenvalue weighted by atomic mass is 16.6. The molecule has 1 atom stereocenters. The van der Waals surface area contributed by atoms with Gasteiger partial charge in [0.2, 0.25) is 0 Å². The average Bonchev–Trinajstić information content (AvgIpc) is 3.25. The number of esters is 2. The van der Waals surface area contributed by atoms with E-state index in [-0.39, 0.29) is 25.2 Å². The number of hydrogen-bond donors (Lipinski definition) is 0. The van der Waals surface area contributed by atoms with Crippen molar-refractivity contribution in [1.29, 1.82) is 0 Å². The Morgan fingerprint density at radius 2 is 0.700 bits per heavy atom. The SMILES string of the molecule is CCCCC/C=C\C/C=C\CCCCCCCCCC(=O)OCC(COCCCCCCCCCCCCCC)OC(=O)CCCCCCC/C=C\C/C=C\CCCCC. The maximum atomic E-state index is 12.8. The minimum atomic E-state index is -0.543. The van der Waals surface area contributed by atoms with E-state index in [4.69, 9.17) is 14.2 Å². The molecule has 0 rings (SSSR count). The molecule has 0 aromatic rings. The van der Waals surface area contributed by atoms with E-state index >= 15 is 0 Å². The first-order chi connectivity index (χ1) is 29.6. The fraction of sp³-hybridized carbons (Fsp3) is 0.818. The maximum Gasteiger partial charge on any atom is 0.306 e. The zero-order valence-corrected chi connectivity index (χ0v) is 40.2. The average molecular weight is 841 g/mol. The Morgan fingerprint density at radius 3 is 1.13 bits per heavy atom. The van der Waals surface area contributed by atoms with Gasteiger partial charge in [-0.15, -0.1) is 0 Å². The first-order valence-electron chi connectivity index (χ1n) is 26.2. The summed E-state index contributed by atoms with van der Waals surface area (Å²) in [5.74, 6) is -0.412. The number of hydrogen-bond acceptors (Lipinski definition) is 5.